The van der Waals surface area contributed by atoms with Gasteiger partial charge in [0.25, 0.3) is 0 Å². The van der Waals surface area contributed by atoms with Gasteiger partial charge in [-0.1, -0.05) is 5.16 Å². The average molecular weight is 347 g/mol. The number of hydrogen-bond donors (Lipinski definition) is 2. The zero-order valence-corrected chi connectivity index (χ0v) is 12.1. The Morgan fingerprint density at radius 3 is 2.84 bits per heavy atom. The van der Waals surface area contributed by atoms with E-state index >= 15 is 0 Å². The van der Waals surface area contributed by atoms with Gasteiger partial charge in [0, 0.05) is 23.1 Å². The smallest absolute Gasteiger partial charge is 0.240 e. The summed E-state index contributed by atoms with van der Waals surface area (Å²) in [5, 5.41) is 3.43. The first-order chi connectivity index (χ1) is 8.99. The third-order valence-electron chi connectivity index (χ3n) is 2.32. The minimum atomic E-state index is -3.58. The molecule has 0 saturated heterocycles. The van der Waals surface area contributed by atoms with Crippen LogP contribution < -0.4 is 10.5 Å². The number of nitrogen functional groups attached to an aromatic ring is 1. The first-order valence-corrected chi connectivity index (χ1v) is 7.57. The Morgan fingerprint density at radius 1 is 1.42 bits per heavy atom. The second kappa shape index (κ2) is 5.68. The second-order valence-corrected chi connectivity index (χ2v) is 6.29. The van der Waals surface area contributed by atoms with Gasteiger partial charge in [-0.05, 0) is 34.1 Å². The molecule has 0 aliphatic rings. The monoisotopic (exact) mass is 346 g/mol. The van der Waals surface area contributed by atoms with Crippen LogP contribution >= 0.6 is 15.9 Å². The molecule has 0 atom stereocenters. The molecule has 3 N–H and O–H groups in total. The summed E-state index contributed by atoms with van der Waals surface area (Å²) in [6, 6.07) is 4.41. The number of nitrogens with one attached hydrogen (secondary N) is 1. The highest BCUT2D eigenvalue weighted by molar-refractivity contribution is 9.10. The van der Waals surface area contributed by atoms with E-state index < -0.39 is 10.0 Å². The third kappa shape index (κ3) is 3.52. The van der Waals surface area contributed by atoms with Crippen LogP contribution in [0.5, 0.6) is 0 Å². The third-order valence-corrected chi connectivity index (χ3v) is 4.47. The maximum atomic E-state index is 12.0. The number of rotatable bonds is 5. The molecule has 2 rings (SSSR count). The van der Waals surface area contributed by atoms with Crippen LogP contribution in [0.15, 0.2) is 38.4 Å². The van der Waals surface area contributed by atoms with E-state index in [0.717, 1.165) is 0 Å². The average Bonchev–Trinajstić information content (AvgIpc) is 2.85. The van der Waals surface area contributed by atoms with E-state index in [0.29, 0.717) is 22.5 Å². The molecule has 0 aliphatic carbocycles. The molecule has 0 fully saturated rings. The number of hydrogen-bond acceptors (Lipinski definition) is 6. The number of anilines is 1. The fourth-order valence-corrected chi connectivity index (χ4v) is 2.94. The van der Waals surface area contributed by atoms with Crippen LogP contribution in [0.1, 0.15) is 5.89 Å². The van der Waals surface area contributed by atoms with Crippen LogP contribution in [-0.2, 0) is 16.4 Å². The van der Waals surface area contributed by atoms with Crippen LogP contribution in [-0.4, -0.2) is 25.1 Å². The highest BCUT2D eigenvalue weighted by atomic mass is 79.9. The lowest BCUT2D eigenvalue weighted by Crippen LogP contribution is -2.26. The summed E-state index contributed by atoms with van der Waals surface area (Å²) in [5.74, 6) is 0.376. The van der Waals surface area contributed by atoms with E-state index in [1.54, 1.807) is 0 Å². The first-order valence-electron chi connectivity index (χ1n) is 5.29. The molecule has 7 nitrogen and oxygen atoms in total. The summed E-state index contributed by atoms with van der Waals surface area (Å²) in [5.41, 5.74) is 6.08. The molecule has 19 heavy (non-hydrogen) atoms. The van der Waals surface area contributed by atoms with E-state index in [1.807, 2.05) is 0 Å². The Balaban J connectivity index is 2.03. The molecule has 0 saturated carbocycles. The van der Waals surface area contributed by atoms with E-state index in [9.17, 15) is 8.42 Å². The van der Waals surface area contributed by atoms with E-state index in [2.05, 4.69) is 30.8 Å². The van der Waals surface area contributed by atoms with Crippen molar-refractivity contribution in [3.8, 4) is 0 Å². The molecule has 0 unspecified atom stereocenters. The number of halogens is 1. The summed E-state index contributed by atoms with van der Waals surface area (Å²) in [4.78, 5) is 3.94. The molecule has 0 radical (unpaired) electrons. The van der Waals surface area contributed by atoms with Gasteiger partial charge in [0.2, 0.25) is 15.9 Å². The van der Waals surface area contributed by atoms with Crippen molar-refractivity contribution >= 4 is 31.6 Å². The standard InChI is InChI=1S/C10H11BrN4O3S/c11-8-5-7(1-2-9(8)12)19(16,17)15-4-3-10-13-6-14-18-10/h1-2,5-6,15H,3-4,12H2. The van der Waals surface area contributed by atoms with Crippen molar-refractivity contribution in [1.82, 2.24) is 14.9 Å². The molecule has 2 aromatic rings. The highest BCUT2D eigenvalue weighted by Crippen LogP contribution is 2.22. The normalized spacial score (nSPS) is 11.6. The molecule has 102 valence electrons. The maximum Gasteiger partial charge on any atom is 0.240 e. The number of nitrogens with two attached hydrogens (primary N) is 1. The number of sulfonamides is 1. The fourth-order valence-electron chi connectivity index (χ4n) is 1.36. The number of benzene rings is 1. The maximum absolute atomic E-state index is 12.0. The van der Waals surface area contributed by atoms with Gasteiger partial charge in [-0.15, -0.1) is 0 Å². The van der Waals surface area contributed by atoms with Gasteiger partial charge < -0.3 is 10.3 Å². The van der Waals surface area contributed by atoms with E-state index in [-0.39, 0.29) is 11.4 Å². The van der Waals surface area contributed by atoms with Crippen LogP contribution in [0, 0.1) is 0 Å². The van der Waals surface area contributed by atoms with Gasteiger partial charge in [-0.3, -0.25) is 0 Å². The summed E-state index contributed by atoms with van der Waals surface area (Å²) >= 11 is 3.19. The Hall–Kier alpha value is -1.45. The Bertz CT molecular complexity index is 657. The topological polar surface area (TPSA) is 111 Å². The molecule has 0 aliphatic heterocycles. The van der Waals surface area contributed by atoms with Gasteiger partial charge >= 0.3 is 0 Å². The van der Waals surface area contributed by atoms with Crippen molar-refractivity contribution in [3.63, 3.8) is 0 Å². The SMILES string of the molecule is Nc1ccc(S(=O)(=O)NCCc2ncno2)cc1Br. The van der Waals surface area contributed by atoms with Gasteiger partial charge in [0.05, 0.1) is 4.90 Å². The van der Waals surface area contributed by atoms with Gasteiger partial charge in [0.1, 0.15) is 0 Å². The minimum absolute atomic E-state index is 0.138. The van der Waals surface area contributed by atoms with Crippen LogP contribution in [0.4, 0.5) is 5.69 Å². The molecule has 0 bridgehead atoms. The molecule has 9 heteroatoms. The van der Waals surface area contributed by atoms with Gasteiger partial charge in [-0.2, -0.15) is 4.98 Å². The second-order valence-electron chi connectivity index (χ2n) is 3.67. The zero-order valence-electron chi connectivity index (χ0n) is 9.71. The lowest BCUT2D eigenvalue weighted by molar-refractivity contribution is 0.377. The largest absolute Gasteiger partial charge is 0.398 e. The van der Waals surface area contributed by atoms with E-state index in [4.69, 9.17) is 10.3 Å². The minimum Gasteiger partial charge on any atom is -0.398 e. The quantitative estimate of drug-likeness (QED) is 0.779. The molecule has 1 heterocycles. The summed E-state index contributed by atoms with van der Waals surface area (Å²) in [6.07, 6.45) is 1.59. The van der Waals surface area contributed by atoms with Gasteiger partial charge in [-0.25, -0.2) is 13.1 Å². The van der Waals surface area contributed by atoms with Crippen LogP contribution in [0.2, 0.25) is 0 Å². The lowest BCUT2D eigenvalue weighted by Gasteiger charge is -2.07. The Morgan fingerprint density at radius 2 is 2.21 bits per heavy atom. The van der Waals surface area contributed by atoms with Crippen molar-refractivity contribution in [2.45, 2.75) is 11.3 Å². The van der Waals surface area contributed by atoms with Crippen molar-refractivity contribution < 1.29 is 12.9 Å². The molecular weight excluding hydrogens is 336 g/mol. The Kier molecular flexibility index (Phi) is 4.17. The van der Waals surface area contributed by atoms with Crippen molar-refractivity contribution in [2.75, 3.05) is 12.3 Å². The molecular formula is C10H11BrN4O3S. The number of aromatic nitrogens is 2. The predicted octanol–water partition coefficient (Wildman–Crippen LogP) is 0.935. The summed E-state index contributed by atoms with van der Waals surface area (Å²) < 4.78 is 31.7. The number of nitrogens with zero attached hydrogens (tertiary/aromatic N) is 2. The van der Waals surface area contributed by atoms with Crippen molar-refractivity contribution in [2.24, 2.45) is 0 Å². The lowest BCUT2D eigenvalue weighted by atomic mass is 10.3. The van der Waals surface area contributed by atoms with Gasteiger partial charge in [0.15, 0.2) is 6.33 Å². The van der Waals surface area contributed by atoms with E-state index in [1.165, 1.54) is 24.5 Å². The van der Waals surface area contributed by atoms with Crippen LogP contribution in [0.3, 0.4) is 0 Å². The first kappa shape index (κ1) is 14.0. The molecule has 1 aromatic heterocycles. The Labute approximate surface area is 118 Å². The highest BCUT2D eigenvalue weighted by Gasteiger charge is 2.15. The molecule has 0 spiro atoms. The summed E-state index contributed by atoms with van der Waals surface area (Å²) in [6.45, 7) is 0.173. The fraction of sp³-hybridized carbons (Fsp3) is 0.200. The zero-order chi connectivity index (χ0) is 13.9. The van der Waals surface area contributed by atoms with Crippen LogP contribution in [0.25, 0.3) is 0 Å². The molecule has 0 amide bonds. The summed E-state index contributed by atoms with van der Waals surface area (Å²) in [7, 11) is -3.58. The van der Waals surface area contributed by atoms with Crippen molar-refractivity contribution in [3.05, 3.63) is 34.9 Å². The predicted molar refractivity (Wildman–Crippen MR) is 71.7 cm³/mol. The van der Waals surface area contributed by atoms with Crippen molar-refractivity contribution in [1.29, 1.82) is 0 Å². The molecule has 1 aromatic carbocycles.